The first-order valence-corrected chi connectivity index (χ1v) is 8.03. The molecule has 1 fully saturated rings. The highest BCUT2D eigenvalue weighted by Crippen LogP contribution is 2.32. The van der Waals surface area contributed by atoms with Crippen LogP contribution < -0.4 is 4.74 Å². The molecule has 1 N–H and O–H groups in total. The number of hydrogen-bond acceptors (Lipinski definition) is 3. The van der Waals surface area contributed by atoms with Gasteiger partial charge in [-0.15, -0.1) is 0 Å². The lowest BCUT2D eigenvalue weighted by Crippen LogP contribution is -2.57. The first-order chi connectivity index (χ1) is 10.3. The number of aromatic nitrogens is 1. The Bertz CT molecular complexity index is 699. The zero-order chi connectivity index (χ0) is 15.9. The quantitative estimate of drug-likeness (QED) is 0.875. The molecule has 1 aromatic carbocycles. The highest BCUT2D eigenvalue weighted by Gasteiger charge is 2.35. The summed E-state index contributed by atoms with van der Waals surface area (Å²) in [6.07, 6.45) is 1.61. The molecular formula is C16H19BrN2O3. The molecule has 0 unspecified atom stereocenters. The van der Waals surface area contributed by atoms with Crippen molar-refractivity contribution in [3.05, 3.63) is 28.9 Å². The lowest BCUT2D eigenvalue weighted by molar-refractivity contribution is -0.0217. The van der Waals surface area contributed by atoms with Gasteiger partial charge in [0.2, 0.25) is 0 Å². The van der Waals surface area contributed by atoms with Crippen molar-refractivity contribution in [2.24, 2.45) is 0 Å². The third kappa shape index (κ3) is 3.06. The summed E-state index contributed by atoms with van der Waals surface area (Å²) in [6.45, 7) is 6.70. The number of amides is 1. The Kier molecular flexibility index (Phi) is 3.80. The normalized spacial score (nSPS) is 15.7. The number of carbonyl (C=O) groups excluding carboxylic acids is 1. The first-order valence-electron chi connectivity index (χ1n) is 7.24. The molecule has 0 radical (unpaired) electrons. The lowest BCUT2D eigenvalue weighted by atomic mass is 10.1. The van der Waals surface area contributed by atoms with Crippen molar-refractivity contribution < 1.29 is 14.3 Å². The number of aromatic amines is 1. The molecule has 0 saturated carbocycles. The summed E-state index contributed by atoms with van der Waals surface area (Å²) in [7, 11) is 0. The summed E-state index contributed by atoms with van der Waals surface area (Å²) in [5.41, 5.74) is 0.548. The van der Waals surface area contributed by atoms with Crippen LogP contribution in [0.25, 0.3) is 10.9 Å². The van der Waals surface area contributed by atoms with Crippen LogP contribution in [0.3, 0.4) is 0 Å². The van der Waals surface area contributed by atoms with E-state index in [0.717, 1.165) is 21.1 Å². The fourth-order valence-corrected chi connectivity index (χ4v) is 2.83. The number of H-pyrrole nitrogens is 1. The second-order valence-electron chi connectivity index (χ2n) is 6.44. The van der Waals surface area contributed by atoms with E-state index in [-0.39, 0.29) is 12.2 Å². The van der Waals surface area contributed by atoms with E-state index in [0.29, 0.717) is 13.1 Å². The summed E-state index contributed by atoms with van der Waals surface area (Å²) in [4.78, 5) is 16.7. The third-order valence-electron chi connectivity index (χ3n) is 3.43. The molecule has 1 amide bonds. The highest BCUT2D eigenvalue weighted by atomic mass is 79.9. The maximum absolute atomic E-state index is 11.9. The molecule has 0 bridgehead atoms. The van der Waals surface area contributed by atoms with Crippen LogP contribution in [0.15, 0.2) is 28.9 Å². The number of halogens is 1. The van der Waals surface area contributed by atoms with Crippen molar-refractivity contribution in [3.8, 4) is 5.75 Å². The maximum Gasteiger partial charge on any atom is 0.410 e. The van der Waals surface area contributed by atoms with Crippen LogP contribution >= 0.6 is 15.9 Å². The molecule has 2 aromatic rings. The summed E-state index contributed by atoms with van der Waals surface area (Å²) in [5, 5.41) is 1.03. The van der Waals surface area contributed by atoms with Gasteiger partial charge in [-0.3, -0.25) is 0 Å². The van der Waals surface area contributed by atoms with Gasteiger partial charge < -0.3 is 19.4 Å². The number of fused-ring (bicyclic) bond motifs is 1. The molecule has 0 aliphatic carbocycles. The fraction of sp³-hybridized carbons (Fsp3) is 0.438. The molecular weight excluding hydrogens is 348 g/mol. The van der Waals surface area contributed by atoms with Crippen LogP contribution in [-0.2, 0) is 4.74 Å². The second-order valence-corrected chi connectivity index (χ2v) is 7.29. The summed E-state index contributed by atoms with van der Waals surface area (Å²) < 4.78 is 12.3. The van der Waals surface area contributed by atoms with E-state index in [9.17, 15) is 4.79 Å². The zero-order valence-electron chi connectivity index (χ0n) is 12.9. The topological polar surface area (TPSA) is 54.6 Å². The molecule has 3 rings (SSSR count). The molecule has 2 heterocycles. The number of likely N-dealkylation sites (tertiary alicyclic amines) is 1. The molecule has 118 valence electrons. The average Bonchev–Trinajstić information content (AvgIpc) is 2.83. The van der Waals surface area contributed by atoms with Crippen LogP contribution in [0.5, 0.6) is 5.75 Å². The predicted octanol–water partition coefficient (Wildman–Crippen LogP) is 3.93. The van der Waals surface area contributed by atoms with E-state index >= 15 is 0 Å². The van der Waals surface area contributed by atoms with Crippen LogP contribution in [0, 0.1) is 0 Å². The van der Waals surface area contributed by atoms with Gasteiger partial charge in [0.05, 0.1) is 18.6 Å². The van der Waals surface area contributed by atoms with Gasteiger partial charge in [0.15, 0.2) is 0 Å². The van der Waals surface area contributed by atoms with Crippen LogP contribution in [0.2, 0.25) is 0 Å². The highest BCUT2D eigenvalue weighted by molar-refractivity contribution is 9.10. The Morgan fingerprint density at radius 2 is 2.05 bits per heavy atom. The molecule has 0 atom stereocenters. The SMILES string of the molecule is CC(C)(C)OC(=O)N1CC(Oc2ccc(Br)c3[nH]ccc23)C1. The molecule has 6 heteroatoms. The summed E-state index contributed by atoms with van der Waals surface area (Å²) in [6, 6.07) is 5.88. The van der Waals surface area contributed by atoms with Gasteiger partial charge in [-0.05, 0) is 54.9 Å². The third-order valence-corrected chi connectivity index (χ3v) is 4.09. The number of ether oxygens (including phenoxy) is 2. The lowest BCUT2D eigenvalue weighted by Gasteiger charge is -2.39. The Morgan fingerprint density at radius 3 is 2.73 bits per heavy atom. The number of carbonyl (C=O) groups is 1. The monoisotopic (exact) mass is 366 g/mol. The van der Waals surface area contributed by atoms with Crippen molar-refractivity contribution in [1.82, 2.24) is 9.88 Å². The average molecular weight is 367 g/mol. The van der Waals surface area contributed by atoms with Gasteiger partial charge in [0.25, 0.3) is 0 Å². The van der Waals surface area contributed by atoms with E-state index < -0.39 is 5.60 Å². The number of nitrogens with one attached hydrogen (secondary N) is 1. The first kappa shape index (κ1) is 15.2. The van der Waals surface area contributed by atoms with Crippen molar-refractivity contribution >= 4 is 32.9 Å². The molecule has 1 aliphatic rings. The van der Waals surface area contributed by atoms with E-state index in [1.54, 1.807) is 4.90 Å². The van der Waals surface area contributed by atoms with E-state index in [1.807, 2.05) is 45.2 Å². The molecule has 0 spiro atoms. The largest absolute Gasteiger partial charge is 0.486 e. The van der Waals surface area contributed by atoms with E-state index in [1.165, 1.54) is 0 Å². The number of hydrogen-bond donors (Lipinski definition) is 1. The van der Waals surface area contributed by atoms with Crippen molar-refractivity contribution in [2.75, 3.05) is 13.1 Å². The minimum absolute atomic E-state index is 0.00629. The Hall–Kier alpha value is -1.69. The standard InChI is InChI=1S/C16H19BrN2O3/c1-16(2,3)22-15(20)19-8-10(9-19)21-13-5-4-12(17)14-11(13)6-7-18-14/h4-7,10,18H,8-9H2,1-3H3. The van der Waals surface area contributed by atoms with Gasteiger partial charge in [-0.25, -0.2) is 4.79 Å². The van der Waals surface area contributed by atoms with E-state index in [4.69, 9.17) is 9.47 Å². The Morgan fingerprint density at radius 1 is 1.32 bits per heavy atom. The van der Waals surface area contributed by atoms with Crippen molar-refractivity contribution in [2.45, 2.75) is 32.5 Å². The second kappa shape index (κ2) is 5.50. The van der Waals surface area contributed by atoms with Crippen LogP contribution in [0.4, 0.5) is 4.79 Å². The summed E-state index contributed by atoms with van der Waals surface area (Å²) >= 11 is 3.51. The molecule has 5 nitrogen and oxygen atoms in total. The van der Waals surface area contributed by atoms with Crippen molar-refractivity contribution in [1.29, 1.82) is 0 Å². The molecule has 1 aliphatic heterocycles. The van der Waals surface area contributed by atoms with Gasteiger partial charge in [0, 0.05) is 16.1 Å². The van der Waals surface area contributed by atoms with Gasteiger partial charge in [0.1, 0.15) is 17.5 Å². The zero-order valence-corrected chi connectivity index (χ0v) is 14.4. The molecule has 22 heavy (non-hydrogen) atoms. The summed E-state index contributed by atoms with van der Waals surface area (Å²) in [5.74, 6) is 0.827. The van der Waals surface area contributed by atoms with Crippen LogP contribution in [-0.4, -0.2) is 40.8 Å². The van der Waals surface area contributed by atoms with Crippen LogP contribution in [0.1, 0.15) is 20.8 Å². The fourth-order valence-electron chi connectivity index (χ4n) is 2.36. The van der Waals surface area contributed by atoms with Gasteiger partial charge >= 0.3 is 6.09 Å². The Labute approximate surface area is 137 Å². The van der Waals surface area contributed by atoms with Gasteiger partial charge in [-0.2, -0.15) is 0 Å². The molecule has 1 aromatic heterocycles. The minimum Gasteiger partial charge on any atom is -0.486 e. The Balaban J connectivity index is 1.61. The smallest absolute Gasteiger partial charge is 0.410 e. The molecule has 1 saturated heterocycles. The maximum atomic E-state index is 11.9. The number of nitrogens with zero attached hydrogens (tertiary/aromatic N) is 1. The van der Waals surface area contributed by atoms with Gasteiger partial charge in [-0.1, -0.05) is 0 Å². The minimum atomic E-state index is -0.466. The number of rotatable bonds is 2. The number of benzene rings is 1. The van der Waals surface area contributed by atoms with Crippen molar-refractivity contribution in [3.63, 3.8) is 0 Å². The van der Waals surface area contributed by atoms with E-state index in [2.05, 4.69) is 20.9 Å². The predicted molar refractivity (Wildman–Crippen MR) is 88.2 cm³/mol.